The van der Waals surface area contributed by atoms with Gasteiger partial charge in [0.05, 0.1) is 12.2 Å². The van der Waals surface area contributed by atoms with Gasteiger partial charge >= 0.3 is 0 Å². The summed E-state index contributed by atoms with van der Waals surface area (Å²) in [5.74, 6) is 0.881. The van der Waals surface area contributed by atoms with E-state index in [1.165, 1.54) is 0 Å². The predicted molar refractivity (Wildman–Crippen MR) is 48.3 cm³/mol. The number of hydrogen-bond donors (Lipinski definition) is 0. The monoisotopic (exact) mass is 175 g/mol. The van der Waals surface area contributed by atoms with E-state index in [1.54, 1.807) is 6.07 Å². The van der Waals surface area contributed by atoms with Gasteiger partial charge in [-0.25, -0.2) is 0 Å². The van der Waals surface area contributed by atoms with Crippen LogP contribution < -0.4 is 0 Å². The van der Waals surface area contributed by atoms with Gasteiger partial charge in [0.2, 0.25) is 0 Å². The summed E-state index contributed by atoms with van der Waals surface area (Å²) in [7, 11) is 0. The number of hydrogen-bond acceptors (Lipinski definition) is 2. The molecule has 3 nitrogen and oxygen atoms in total. The first-order chi connectivity index (χ1) is 6.25. The Kier molecular flexibility index (Phi) is 1.93. The minimum Gasteiger partial charge on any atom is -0.456 e. The highest BCUT2D eigenvalue weighted by atomic mass is 16.3. The van der Waals surface area contributed by atoms with Crippen molar-refractivity contribution in [1.82, 2.24) is 9.78 Å². The van der Waals surface area contributed by atoms with Crippen LogP contribution in [0, 0.1) is 20.1 Å². The van der Waals surface area contributed by atoms with Crippen molar-refractivity contribution < 1.29 is 4.42 Å². The van der Waals surface area contributed by atoms with Crippen LogP contribution in [0.3, 0.4) is 0 Å². The van der Waals surface area contributed by atoms with E-state index in [4.69, 9.17) is 4.42 Å². The third kappa shape index (κ3) is 1.64. The van der Waals surface area contributed by atoms with Gasteiger partial charge in [0.15, 0.2) is 6.26 Å². The molecule has 2 heterocycles. The molecule has 0 N–H and O–H groups in total. The van der Waals surface area contributed by atoms with Gasteiger partial charge in [-0.15, -0.1) is 0 Å². The molecule has 2 aromatic rings. The third-order valence-corrected chi connectivity index (χ3v) is 1.94. The summed E-state index contributed by atoms with van der Waals surface area (Å²) >= 11 is 0. The molecule has 0 aliphatic carbocycles. The van der Waals surface area contributed by atoms with Crippen molar-refractivity contribution in [2.24, 2.45) is 0 Å². The van der Waals surface area contributed by atoms with Crippen molar-refractivity contribution in [3.8, 4) is 0 Å². The summed E-state index contributed by atoms with van der Waals surface area (Å²) in [6.45, 7) is 4.70. The number of furan rings is 1. The van der Waals surface area contributed by atoms with Gasteiger partial charge in [0, 0.05) is 5.69 Å². The molecule has 0 spiro atoms. The van der Waals surface area contributed by atoms with Crippen molar-refractivity contribution in [1.29, 1.82) is 0 Å². The van der Waals surface area contributed by atoms with Gasteiger partial charge < -0.3 is 4.42 Å². The lowest BCUT2D eigenvalue weighted by Gasteiger charge is -1.99. The second-order valence-corrected chi connectivity index (χ2v) is 3.10. The van der Waals surface area contributed by atoms with Crippen LogP contribution in [0.25, 0.3) is 0 Å². The van der Waals surface area contributed by atoms with Crippen molar-refractivity contribution in [2.45, 2.75) is 20.4 Å². The molecule has 2 rings (SSSR count). The zero-order chi connectivity index (χ0) is 9.26. The first-order valence-electron chi connectivity index (χ1n) is 4.21. The van der Waals surface area contributed by atoms with Gasteiger partial charge in [-0.05, 0) is 32.0 Å². The molecule has 2 aromatic heterocycles. The molecule has 0 aliphatic heterocycles. The van der Waals surface area contributed by atoms with E-state index < -0.39 is 0 Å². The highest BCUT2D eigenvalue weighted by Gasteiger charge is 2.02. The van der Waals surface area contributed by atoms with E-state index in [-0.39, 0.29) is 0 Å². The molecule has 0 fully saturated rings. The van der Waals surface area contributed by atoms with Gasteiger partial charge in [-0.3, -0.25) is 4.68 Å². The number of rotatable bonds is 2. The van der Waals surface area contributed by atoms with Crippen molar-refractivity contribution >= 4 is 0 Å². The second-order valence-electron chi connectivity index (χ2n) is 3.10. The number of aromatic nitrogens is 2. The van der Waals surface area contributed by atoms with Crippen LogP contribution in [0.2, 0.25) is 0 Å². The van der Waals surface area contributed by atoms with Crippen LogP contribution in [-0.4, -0.2) is 9.78 Å². The minimum atomic E-state index is 0.684. The fraction of sp³-hybridized carbons (Fsp3) is 0.300. The lowest BCUT2D eigenvalue weighted by molar-refractivity contribution is 0.470. The summed E-state index contributed by atoms with van der Waals surface area (Å²) < 4.78 is 7.03. The Morgan fingerprint density at radius 1 is 1.54 bits per heavy atom. The Hall–Kier alpha value is -1.51. The third-order valence-electron chi connectivity index (χ3n) is 1.94. The quantitative estimate of drug-likeness (QED) is 0.698. The van der Waals surface area contributed by atoms with Crippen molar-refractivity contribution in [3.63, 3.8) is 0 Å². The number of aryl methyl sites for hydroxylation is 2. The molecule has 0 saturated carbocycles. The van der Waals surface area contributed by atoms with E-state index >= 15 is 0 Å². The number of nitrogens with zero attached hydrogens (tertiary/aromatic N) is 2. The fourth-order valence-corrected chi connectivity index (χ4v) is 1.34. The SMILES string of the molecule is Cc1cc(C)n(Cc2cc[c]o2)n1. The molecule has 0 saturated heterocycles. The van der Waals surface area contributed by atoms with Crippen molar-refractivity contribution in [3.05, 3.63) is 41.6 Å². The molecular formula is C10H11N2O. The average molecular weight is 175 g/mol. The minimum absolute atomic E-state index is 0.684. The molecule has 1 radical (unpaired) electrons. The van der Waals surface area contributed by atoms with E-state index in [0.717, 1.165) is 17.1 Å². The molecule has 0 bridgehead atoms. The van der Waals surface area contributed by atoms with E-state index in [0.29, 0.717) is 6.54 Å². The van der Waals surface area contributed by atoms with Crippen LogP contribution in [0.15, 0.2) is 22.6 Å². The van der Waals surface area contributed by atoms with Crippen LogP contribution in [0.4, 0.5) is 0 Å². The smallest absolute Gasteiger partial charge is 0.169 e. The highest BCUT2D eigenvalue weighted by Crippen LogP contribution is 2.06. The zero-order valence-electron chi connectivity index (χ0n) is 7.74. The summed E-state index contributed by atoms with van der Waals surface area (Å²) in [4.78, 5) is 0. The van der Waals surface area contributed by atoms with Gasteiger partial charge in [0.25, 0.3) is 0 Å². The van der Waals surface area contributed by atoms with Crippen LogP contribution in [-0.2, 0) is 6.54 Å². The molecule has 3 heteroatoms. The Morgan fingerprint density at radius 3 is 2.92 bits per heavy atom. The van der Waals surface area contributed by atoms with E-state index in [2.05, 4.69) is 11.4 Å². The standard InChI is InChI=1S/C10H11N2O/c1-8-6-9(2)12(11-8)7-10-4-3-5-13-10/h3-4,6H,7H2,1-2H3. The Bertz CT molecular complexity index is 387. The Balaban J connectivity index is 2.23. The maximum atomic E-state index is 5.12. The molecule has 0 amide bonds. The van der Waals surface area contributed by atoms with Crippen LogP contribution in [0.1, 0.15) is 17.1 Å². The lowest BCUT2D eigenvalue weighted by atomic mass is 10.4. The highest BCUT2D eigenvalue weighted by molar-refractivity contribution is 5.08. The van der Waals surface area contributed by atoms with Gasteiger partial charge in [-0.1, -0.05) is 0 Å². The summed E-state index contributed by atoms with van der Waals surface area (Å²) in [5.41, 5.74) is 2.18. The molecule has 67 valence electrons. The fourth-order valence-electron chi connectivity index (χ4n) is 1.34. The van der Waals surface area contributed by atoms with E-state index in [1.807, 2.05) is 30.7 Å². The molecule has 0 aromatic carbocycles. The summed E-state index contributed by atoms with van der Waals surface area (Å²) in [5, 5.41) is 4.33. The van der Waals surface area contributed by atoms with Crippen LogP contribution in [0.5, 0.6) is 0 Å². The average Bonchev–Trinajstić information content (AvgIpc) is 2.63. The summed E-state index contributed by atoms with van der Waals surface area (Å²) in [6.07, 6.45) is 2.66. The first-order valence-corrected chi connectivity index (χ1v) is 4.21. The Labute approximate surface area is 77.0 Å². The maximum absolute atomic E-state index is 5.12. The topological polar surface area (TPSA) is 31.0 Å². The van der Waals surface area contributed by atoms with E-state index in [9.17, 15) is 0 Å². The molecule has 0 aliphatic rings. The first kappa shape index (κ1) is 8.10. The summed E-state index contributed by atoms with van der Waals surface area (Å²) in [6, 6.07) is 5.71. The lowest BCUT2D eigenvalue weighted by Crippen LogP contribution is -2.02. The zero-order valence-corrected chi connectivity index (χ0v) is 7.74. The Morgan fingerprint density at radius 2 is 2.38 bits per heavy atom. The predicted octanol–water partition coefficient (Wildman–Crippen LogP) is 1.94. The molecular weight excluding hydrogens is 164 g/mol. The van der Waals surface area contributed by atoms with Crippen LogP contribution >= 0.6 is 0 Å². The van der Waals surface area contributed by atoms with Gasteiger partial charge in [-0.2, -0.15) is 5.10 Å². The molecule has 0 unspecified atom stereocenters. The maximum Gasteiger partial charge on any atom is 0.169 e. The second kappa shape index (κ2) is 3.09. The molecule has 13 heavy (non-hydrogen) atoms. The largest absolute Gasteiger partial charge is 0.456 e. The molecule has 0 atom stereocenters. The normalized spacial score (nSPS) is 10.6. The van der Waals surface area contributed by atoms with Gasteiger partial charge in [0.1, 0.15) is 5.76 Å². The van der Waals surface area contributed by atoms with Crippen molar-refractivity contribution in [2.75, 3.05) is 0 Å².